The number of ketones is 1. The van der Waals surface area contributed by atoms with Crippen LogP contribution in [0.5, 0.6) is 0 Å². The molecule has 0 aromatic carbocycles. The molecule has 128 valence electrons. The van der Waals surface area contributed by atoms with Crippen LogP contribution in [0.25, 0.3) is 0 Å². The minimum Gasteiger partial charge on any atom is -0.456 e. The highest BCUT2D eigenvalue weighted by Crippen LogP contribution is 2.41. The lowest BCUT2D eigenvalue weighted by Crippen LogP contribution is -2.58. The van der Waals surface area contributed by atoms with E-state index in [1.54, 1.807) is 0 Å². The highest BCUT2D eigenvalue weighted by molar-refractivity contribution is 5.79. The van der Waals surface area contributed by atoms with Crippen LogP contribution in [-0.2, 0) is 38.1 Å². The summed E-state index contributed by atoms with van der Waals surface area (Å²) in [6.07, 6.45) is -3.94. The molecule has 0 aromatic heterocycles. The Balaban J connectivity index is 2.38. The lowest BCUT2D eigenvalue weighted by atomic mass is 9.93. The molecule has 23 heavy (non-hydrogen) atoms. The summed E-state index contributed by atoms with van der Waals surface area (Å²) >= 11 is 0. The van der Waals surface area contributed by atoms with Crippen molar-refractivity contribution in [2.75, 3.05) is 0 Å². The van der Waals surface area contributed by atoms with E-state index in [2.05, 4.69) is 0 Å². The topological polar surface area (TPSA) is 105 Å². The van der Waals surface area contributed by atoms with Crippen LogP contribution in [0.1, 0.15) is 34.1 Å². The van der Waals surface area contributed by atoms with Crippen molar-refractivity contribution in [3.8, 4) is 0 Å². The van der Waals surface area contributed by atoms with Crippen molar-refractivity contribution in [2.24, 2.45) is 5.92 Å². The Morgan fingerprint density at radius 2 is 1.26 bits per heavy atom. The number of fused-ring (bicyclic) bond motifs is 2. The zero-order valence-electron chi connectivity index (χ0n) is 13.4. The van der Waals surface area contributed by atoms with Gasteiger partial charge in [-0.15, -0.1) is 0 Å². The summed E-state index contributed by atoms with van der Waals surface area (Å²) in [5.41, 5.74) is 0. The zero-order chi connectivity index (χ0) is 17.3. The van der Waals surface area contributed by atoms with Crippen molar-refractivity contribution < 1.29 is 38.1 Å². The van der Waals surface area contributed by atoms with E-state index in [9.17, 15) is 19.2 Å². The van der Waals surface area contributed by atoms with Crippen molar-refractivity contribution in [3.05, 3.63) is 0 Å². The fourth-order valence-electron chi connectivity index (χ4n) is 3.22. The number of Topliss-reactive ketones (excluding diaryl/α,β-unsaturated/α-hetero) is 1. The summed E-state index contributed by atoms with van der Waals surface area (Å²) in [5, 5.41) is 0. The molecule has 0 radical (unpaired) electrons. The van der Waals surface area contributed by atoms with E-state index in [1.165, 1.54) is 27.7 Å². The van der Waals surface area contributed by atoms with Crippen molar-refractivity contribution in [1.29, 1.82) is 0 Å². The molecule has 2 bridgehead atoms. The number of rotatable bonds is 4. The van der Waals surface area contributed by atoms with Gasteiger partial charge in [-0.1, -0.05) is 0 Å². The highest BCUT2D eigenvalue weighted by atomic mass is 16.6. The van der Waals surface area contributed by atoms with Gasteiger partial charge in [0, 0.05) is 20.8 Å². The van der Waals surface area contributed by atoms with Gasteiger partial charge in [-0.25, -0.2) is 0 Å². The van der Waals surface area contributed by atoms with Crippen LogP contribution < -0.4 is 0 Å². The molecule has 2 aliphatic rings. The second kappa shape index (κ2) is 6.66. The van der Waals surface area contributed by atoms with Gasteiger partial charge >= 0.3 is 17.9 Å². The Bertz CT molecular complexity index is 512. The van der Waals surface area contributed by atoms with Gasteiger partial charge in [0.15, 0.2) is 18.3 Å². The summed E-state index contributed by atoms with van der Waals surface area (Å²) < 4.78 is 21.5. The molecule has 8 heteroatoms. The molecule has 0 aliphatic carbocycles. The van der Waals surface area contributed by atoms with Gasteiger partial charge in [0.05, 0.1) is 12.0 Å². The van der Waals surface area contributed by atoms with Crippen LogP contribution in [0, 0.1) is 5.92 Å². The Labute approximate surface area is 133 Å². The van der Waals surface area contributed by atoms with Crippen LogP contribution in [0.3, 0.4) is 0 Å². The molecule has 2 fully saturated rings. The SMILES string of the molecule is CC(=O)O[C@H]1[C@H](OC(C)=O)C2C[C@H](C(C)=O)C(O2)[C@H]1OC(C)=O. The van der Waals surface area contributed by atoms with Gasteiger partial charge in [0.2, 0.25) is 0 Å². The van der Waals surface area contributed by atoms with Crippen LogP contribution in [0.4, 0.5) is 0 Å². The minimum absolute atomic E-state index is 0.125. The lowest BCUT2D eigenvalue weighted by Gasteiger charge is -2.40. The van der Waals surface area contributed by atoms with Gasteiger partial charge in [-0.2, -0.15) is 0 Å². The number of ether oxygens (including phenoxy) is 4. The fraction of sp³-hybridized carbons (Fsp3) is 0.733. The van der Waals surface area contributed by atoms with Crippen molar-refractivity contribution in [2.45, 2.75) is 64.6 Å². The number of carbonyl (C=O) groups is 4. The third-order valence-corrected chi connectivity index (χ3v) is 3.98. The number of hydrogen-bond acceptors (Lipinski definition) is 8. The molecule has 0 N–H and O–H groups in total. The van der Waals surface area contributed by atoms with Gasteiger partial charge in [-0.05, 0) is 13.3 Å². The minimum atomic E-state index is -1.01. The lowest BCUT2D eigenvalue weighted by molar-refractivity contribution is -0.232. The average molecular weight is 328 g/mol. The molecule has 0 saturated carbocycles. The van der Waals surface area contributed by atoms with Crippen LogP contribution in [0.2, 0.25) is 0 Å². The molecule has 8 nitrogen and oxygen atoms in total. The summed E-state index contributed by atoms with van der Waals surface area (Å²) in [6, 6.07) is 0. The quantitative estimate of drug-likeness (QED) is 0.531. The Hall–Kier alpha value is -1.96. The number of hydrogen-bond donors (Lipinski definition) is 0. The van der Waals surface area contributed by atoms with Crippen molar-refractivity contribution >= 4 is 23.7 Å². The van der Waals surface area contributed by atoms with E-state index >= 15 is 0 Å². The Morgan fingerprint density at radius 1 is 0.783 bits per heavy atom. The first-order valence-electron chi connectivity index (χ1n) is 7.38. The third-order valence-electron chi connectivity index (χ3n) is 3.98. The molecule has 2 saturated heterocycles. The molecular weight excluding hydrogens is 308 g/mol. The first kappa shape index (κ1) is 17.4. The van der Waals surface area contributed by atoms with E-state index in [0.29, 0.717) is 6.42 Å². The normalized spacial score (nSPS) is 35.3. The van der Waals surface area contributed by atoms with Gasteiger partial charge in [0.1, 0.15) is 11.9 Å². The first-order valence-corrected chi connectivity index (χ1v) is 7.38. The molecule has 2 aliphatic heterocycles. The Kier molecular flexibility index (Phi) is 5.03. The molecule has 0 spiro atoms. The zero-order valence-corrected chi connectivity index (χ0v) is 13.4. The van der Waals surface area contributed by atoms with E-state index in [1.807, 2.05) is 0 Å². The van der Waals surface area contributed by atoms with Gasteiger partial charge in [-0.3, -0.25) is 19.2 Å². The maximum atomic E-state index is 11.8. The molecule has 6 atom stereocenters. The summed E-state index contributed by atoms with van der Waals surface area (Å²) in [4.78, 5) is 46.0. The average Bonchev–Trinajstić information content (AvgIpc) is 2.79. The standard InChI is InChI=1S/C15H20O8/c1-6(16)10-5-11-13(20-7(2)17)15(22-9(4)19)14(12(10)23-11)21-8(3)18/h10-15H,5H2,1-4H3/t10-,11?,12?,13-,14-,15+/m1/s1. The molecular formula is C15H20O8. The van der Waals surface area contributed by atoms with E-state index in [-0.39, 0.29) is 5.78 Å². The maximum Gasteiger partial charge on any atom is 0.303 e. The Morgan fingerprint density at radius 3 is 1.74 bits per heavy atom. The summed E-state index contributed by atoms with van der Waals surface area (Å²) in [5.74, 6) is -2.43. The smallest absolute Gasteiger partial charge is 0.303 e. The van der Waals surface area contributed by atoms with Crippen LogP contribution in [-0.4, -0.2) is 54.2 Å². The maximum absolute atomic E-state index is 11.8. The predicted octanol–water partition coefficient (Wildman–Crippen LogP) is 0.158. The summed E-state index contributed by atoms with van der Waals surface area (Å²) in [7, 11) is 0. The molecule has 2 heterocycles. The second-order valence-corrected chi connectivity index (χ2v) is 5.81. The molecule has 0 aromatic rings. The first-order chi connectivity index (χ1) is 10.7. The molecule has 2 rings (SSSR count). The van der Waals surface area contributed by atoms with Crippen LogP contribution in [0.15, 0.2) is 0 Å². The van der Waals surface area contributed by atoms with E-state index in [4.69, 9.17) is 18.9 Å². The van der Waals surface area contributed by atoms with Gasteiger partial charge < -0.3 is 18.9 Å². The molecule has 2 unspecified atom stereocenters. The van der Waals surface area contributed by atoms with Crippen molar-refractivity contribution in [3.63, 3.8) is 0 Å². The molecule has 0 amide bonds. The largest absolute Gasteiger partial charge is 0.456 e. The second-order valence-electron chi connectivity index (χ2n) is 5.81. The predicted molar refractivity (Wildman–Crippen MR) is 74.1 cm³/mol. The highest BCUT2D eigenvalue weighted by Gasteiger charge is 2.59. The number of esters is 3. The fourth-order valence-corrected chi connectivity index (χ4v) is 3.22. The number of carbonyl (C=O) groups excluding carboxylic acids is 4. The summed E-state index contributed by atoms with van der Waals surface area (Å²) in [6.45, 7) is 5.04. The van der Waals surface area contributed by atoms with Crippen molar-refractivity contribution in [1.82, 2.24) is 0 Å². The third kappa shape index (κ3) is 3.69. The van der Waals surface area contributed by atoms with E-state index < -0.39 is 54.3 Å². The monoisotopic (exact) mass is 328 g/mol. The van der Waals surface area contributed by atoms with Gasteiger partial charge in [0.25, 0.3) is 0 Å². The van der Waals surface area contributed by atoms with Crippen LogP contribution >= 0.6 is 0 Å². The van der Waals surface area contributed by atoms with E-state index in [0.717, 1.165) is 0 Å².